The van der Waals surface area contributed by atoms with Crippen LogP contribution in [0.1, 0.15) is 22.0 Å². The van der Waals surface area contributed by atoms with Crippen LogP contribution in [-0.4, -0.2) is 42.0 Å². The van der Waals surface area contributed by atoms with Gasteiger partial charge in [0.15, 0.2) is 22.5 Å². The zero-order valence-electron chi connectivity index (χ0n) is 16.0. The highest BCUT2D eigenvalue weighted by molar-refractivity contribution is 7.99. The Labute approximate surface area is 176 Å². The van der Waals surface area contributed by atoms with Gasteiger partial charge in [-0.25, -0.2) is 4.98 Å². The first-order valence-corrected chi connectivity index (χ1v) is 10.0. The van der Waals surface area contributed by atoms with Crippen LogP contribution in [-0.2, 0) is 0 Å². The number of thioether (sulfide) groups is 1. The standard InChI is InChI=1S/C20H18ClN3O4S/c1-26-14-8-12(9-15(27-2)18(14)28-3)16-10-17(25)24-20(29-16)22-19(23-24)11-4-6-13(21)7-5-11/h4-9,16H,10H2,1-3H3/t16-/m0/s1. The number of aromatic nitrogens is 3. The first-order chi connectivity index (χ1) is 14.0. The lowest BCUT2D eigenvalue weighted by Crippen LogP contribution is -2.21. The molecule has 3 aromatic rings. The zero-order valence-corrected chi connectivity index (χ0v) is 17.6. The fraction of sp³-hybridized carbons (Fsp3) is 0.250. The summed E-state index contributed by atoms with van der Waals surface area (Å²) in [5.41, 5.74) is 1.69. The molecule has 0 saturated carbocycles. The fourth-order valence-electron chi connectivity index (χ4n) is 3.14. The van der Waals surface area contributed by atoms with Crippen molar-refractivity contribution in [1.29, 1.82) is 0 Å². The third-order valence-corrected chi connectivity index (χ3v) is 6.03. The van der Waals surface area contributed by atoms with Crippen molar-refractivity contribution in [3.63, 3.8) is 0 Å². The smallest absolute Gasteiger partial charge is 0.250 e. The van der Waals surface area contributed by atoms with E-state index in [0.29, 0.717) is 33.3 Å². The van der Waals surface area contributed by atoms with E-state index in [0.717, 1.165) is 11.1 Å². The summed E-state index contributed by atoms with van der Waals surface area (Å²) in [6.45, 7) is 0. The van der Waals surface area contributed by atoms with Gasteiger partial charge < -0.3 is 14.2 Å². The molecule has 1 atom stereocenters. The van der Waals surface area contributed by atoms with Gasteiger partial charge in [-0.3, -0.25) is 4.79 Å². The molecule has 0 fully saturated rings. The SMILES string of the molecule is COc1cc([C@@H]2CC(=O)n3nc(-c4ccc(Cl)cc4)nc3S2)cc(OC)c1OC. The number of ether oxygens (including phenoxy) is 3. The van der Waals surface area contributed by atoms with E-state index in [1.165, 1.54) is 16.4 Å². The Kier molecular flexibility index (Phi) is 5.38. The van der Waals surface area contributed by atoms with Gasteiger partial charge in [-0.15, -0.1) is 5.10 Å². The summed E-state index contributed by atoms with van der Waals surface area (Å²) in [6.07, 6.45) is 0.278. The molecule has 1 aliphatic heterocycles. The van der Waals surface area contributed by atoms with Crippen LogP contribution < -0.4 is 14.2 Å². The number of fused-ring (bicyclic) bond motifs is 1. The quantitative estimate of drug-likeness (QED) is 0.588. The van der Waals surface area contributed by atoms with Crippen LogP contribution in [0.3, 0.4) is 0 Å². The molecule has 0 bridgehead atoms. The third kappa shape index (κ3) is 3.65. The molecule has 29 heavy (non-hydrogen) atoms. The van der Waals surface area contributed by atoms with Crippen molar-refractivity contribution in [2.45, 2.75) is 16.8 Å². The van der Waals surface area contributed by atoms with Crippen LogP contribution in [0.2, 0.25) is 5.02 Å². The summed E-state index contributed by atoms with van der Waals surface area (Å²) in [4.78, 5) is 17.3. The molecule has 0 amide bonds. The Morgan fingerprint density at radius 1 is 1.07 bits per heavy atom. The van der Waals surface area contributed by atoms with E-state index in [2.05, 4.69) is 10.1 Å². The first kappa shape index (κ1) is 19.6. The number of hydrogen-bond donors (Lipinski definition) is 0. The number of benzene rings is 2. The van der Waals surface area contributed by atoms with Crippen molar-refractivity contribution < 1.29 is 19.0 Å². The van der Waals surface area contributed by atoms with E-state index in [4.69, 9.17) is 25.8 Å². The Morgan fingerprint density at radius 3 is 2.31 bits per heavy atom. The van der Waals surface area contributed by atoms with Gasteiger partial charge in [0.2, 0.25) is 5.75 Å². The molecule has 0 aliphatic carbocycles. The van der Waals surface area contributed by atoms with Crippen LogP contribution in [0.25, 0.3) is 11.4 Å². The third-order valence-electron chi connectivity index (χ3n) is 4.58. The Hall–Kier alpha value is -2.71. The number of halogens is 1. The minimum atomic E-state index is -0.147. The highest BCUT2D eigenvalue weighted by Crippen LogP contribution is 2.46. The fourth-order valence-corrected chi connectivity index (χ4v) is 4.41. The molecular weight excluding hydrogens is 414 g/mol. The largest absolute Gasteiger partial charge is 0.493 e. The predicted molar refractivity (Wildman–Crippen MR) is 110 cm³/mol. The van der Waals surface area contributed by atoms with Crippen LogP contribution >= 0.6 is 23.4 Å². The zero-order chi connectivity index (χ0) is 20.5. The normalized spacial score (nSPS) is 15.7. The van der Waals surface area contributed by atoms with Gasteiger partial charge >= 0.3 is 0 Å². The number of carbonyl (C=O) groups excluding carboxylic acids is 1. The summed E-state index contributed by atoms with van der Waals surface area (Å²) < 4.78 is 17.6. The van der Waals surface area contributed by atoms with Crippen LogP contribution in [0.5, 0.6) is 17.2 Å². The van der Waals surface area contributed by atoms with Crippen molar-refractivity contribution in [3.05, 3.63) is 47.0 Å². The highest BCUT2D eigenvalue weighted by Gasteiger charge is 2.31. The number of nitrogens with zero attached hydrogens (tertiary/aromatic N) is 3. The van der Waals surface area contributed by atoms with E-state index < -0.39 is 0 Å². The molecule has 1 aromatic heterocycles. The molecule has 0 N–H and O–H groups in total. The minimum Gasteiger partial charge on any atom is -0.493 e. The highest BCUT2D eigenvalue weighted by atomic mass is 35.5. The second kappa shape index (κ2) is 7.96. The molecule has 2 heterocycles. The van der Waals surface area contributed by atoms with E-state index in [1.807, 2.05) is 24.3 Å². The van der Waals surface area contributed by atoms with E-state index >= 15 is 0 Å². The van der Waals surface area contributed by atoms with Gasteiger partial charge in [0, 0.05) is 22.3 Å². The lowest BCUT2D eigenvalue weighted by molar-refractivity contribution is 0.0868. The van der Waals surface area contributed by atoms with Crippen molar-refractivity contribution in [1.82, 2.24) is 14.8 Å². The molecule has 0 radical (unpaired) electrons. The van der Waals surface area contributed by atoms with Crippen molar-refractivity contribution in [3.8, 4) is 28.6 Å². The van der Waals surface area contributed by atoms with Crippen molar-refractivity contribution in [2.24, 2.45) is 0 Å². The van der Waals surface area contributed by atoms with Crippen LogP contribution in [0.4, 0.5) is 0 Å². The Bertz CT molecular complexity index is 1040. The monoisotopic (exact) mass is 431 g/mol. The van der Waals surface area contributed by atoms with Gasteiger partial charge in [0.25, 0.3) is 5.91 Å². The van der Waals surface area contributed by atoms with Gasteiger partial charge in [0.05, 0.1) is 21.3 Å². The minimum absolute atomic E-state index is 0.120. The maximum atomic E-state index is 12.7. The summed E-state index contributed by atoms with van der Waals surface area (Å²) in [7, 11) is 4.68. The van der Waals surface area contributed by atoms with Gasteiger partial charge in [0.1, 0.15) is 0 Å². The maximum Gasteiger partial charge on any atom is 0.250 e. The number of carbonyl (C=O) groups is 1. The van der Waals surface area contributed by atoms with Gasteiger partial charge in [-0.2, -0.15) is 4.68 Å². The van der Waals surface area contributed by atoms with Crippen molar-refractivity contribution >= 4 is 29.3 Å². The second-order valence-corrected chi connectivity index (χ2v) is 7.91. The molecule has 4 rings (SSSR count). The molecule has 9 heteroatoms. The molecule has 1 aliphatic rings. The topological polar surface area (TPSA) is 75.5 Å². The van der Waals surface area contributed by atoms with E-state index in [1.54, 1.807) is 33.5 Å². The van der Waals surface area contributed by atoms with Crippen LogP contribution in [0.15, 0.2) is 41.6 Å². The second-order valence-electron chi connectivity index (χ2n) is 6.30. The molecule has 150 valence electrons. The van der Waals surface area contributed by atoms with E-state index in [-0.39, 0.29) is 17.6 Å². The summed E-state index contributed by atoms with van der Waals surface area (Å²) in [5, 5.41) is 5.41. The molecule has 2 aromatic carbocycles. The molecule has 0 saturated heterocycles. The van der Waals surface area contributed by atoms with Crippen molar-refractivity contribution in [2.75, 3.05) is 21.3 Å². The summed E-state index contributed by atoms with van der Waals surface area (Å²) >= 11 is 7.42. The Balaban J connectivity index is 1.69. The Morgan fingerprint density at radius 2 is 1.72 bits per heavy atom. The molecule has 0 unspecified atom stereocenters. The molecule has 0 spiro atoms. The number of hydrogen-bond acceptors (Lipinski definition) is 7. The first-order valence-electron chi connectivity index (χ1n) is 8.76. The predicted octanol–water partition coefficient (Wildman–Crippen LogP) is 4.50. The lowest BCUT2D eigenvalue weighted by Gasteiger charge is -2.22. The number of rotatable bonds is 5. The molecule has 7 nitrogen and oxygen atoms in total. The maximum absolute atomic E-state index is 12.7. The summed E-state index contributed by atoms with van der Waals surface area (Å²) in [5.74, 6) is 1.97. The molecular formula is C20H18ClN3O4S. The average molecular weight is 432 g/mol. The van der Waals surface area contributed by atoms with Gasteiger partial charge in [-0.05, 0) is 42.0 Å². The number of methoxy groups -OCH3 is 3. The van der Waals surface area contributed by atoms with Gasteiger partial charge in [-0.1, -0.05) is 23.4 Å². The lowest BCUT2D eigenvalue weighted by atomic mass is 10.1. The average Bonchev–Trinajstić information content (AvgIpc) is 3.18. The van der Waals surface area contributed by atoms with E-state index in [9.17, 15) is 4.79 Å². The summed E-state index contributed by atoms with van der Waals surface area (Å²) in [6, 6.07) is 10.9. The van der Waals surface area contributed by atoms with Crippen LogP contribution in [0, 0.1) is 0 Å².